The van der Waals surface area contributed by atoms with Gasteiger partial charge in [0.1, 0.15) is 4.32 Å². The molecule has 0 N–H and O–H groups in total. The van der Waals surface area contributed by atoms with Crippen LogP contribution in [0.1, 0.15) is 6.92 Å². The Morgan fingerprint density at radius 1 is 1.50 bits per heavy atom. The van der Waals surface area contributed by atoms with Crippen molar-refractivity contribution in [1.29, 1.82) is 0 Å². The first kappa shape index (κ1) is 7.82. The maximum atomic E-state index is 5.10. The Bertz CT molecular complexity index is 203. The van der Waals surface area contributed by atoms with Crippen LogP contribution in [-0.4, -0.2) is 14.6 Å². The number of hydrogen-bond donors (Lipinski definition) is 0. The van der Waals surface area contributed by atoms with Crippen LogP contribution in [0.2, 0.25) is 0 Å². The van der Waals surface area contributed by atoms with Gasteiger partial charge in [-0.2, -0.15) is 0 Å². The molecule has 0 spiro atoms. The molecule has 0 unspecified atom stereocenters. The van der Waals surface area contributed by atoms with E-state index in [0.717, 1.165) is 10.1 Å². The van der Waals surface area contributed by atoms with Crippen molar-refractivity contribution in [3.63, 3.8) is 0 Å². The summed E-state index contributed by atoms with van der Waals surface area (Å²) in [5.74, 6) is 1.04. The quantitative estimate of drug-likeness (QED) is 0.598. The van der Waals surface area contributed by atoms with Gasteiger partial charge in [-0.25, -0.2) is 0 Å². The first-order valence-electron chi connectivity index (χ1n) is 3.14. The lowest BCUT2D eigenvalue weighted by Gasteiger charge is -2.00. The summed E-state index contributed by atoms with van der Waals surface area (Å²) in [4.78, 5) is 0. The van der Waals surface area contributed by atoms with Gasteiger partial charge in [0.05, 0.1) is 0 Å². The zero-order chi connectivity index (χ0) is 7.40. The Balaban J connectivity index is 2.59. The van der Waals surface area contributed by atoms with Gasteiger partial charge in [0, 0.05) is 12.4 Å². The highest BCUT2D eigenvalue weighted by Gasteiger charge is 1.94. The molecule has 0 aliphatic heterocycles. The Hall–Kier alpha value is -0.280. The molecule has 54 valence electrons. The average Bonchev–Trinajstić information content (AvgIpc) is 2.38. The first-order valence-corrected chi connectivity index (χ1v) is 4.54. The highest BCUT2D eigenvalue weighted by molar-refractivity contribution is 8.23. The van der Waals surface area contributed by atoms with E-state index < -0.39 is 0 Å². The molecule has 3 heteroatoms. The Kier molecular flexibility index (Phi) is 2.96. The minimum Gasteiger partial charge on any atom is -0.310 e. The fraction of sp³-hybridized carbons (Fsp3) is 0.286. The van der Waals surface area contributed by atoms with Crippen LogP contribution >= 0.6 is 24.0 Å². The maximum absolute atomic E-state index is 5.10. The van der Waals surface area contributed by atoms with E-state index in [1.807, 2.05) is 29.1 Å². The second-order valence-electron chi connectivity index (χ2n) is 1.79. The van der Waals surface area contributed by atoms with Gasteiger partial charge in [-0.3, -0.25) is 0 Å². The number of rotatable bonds is 1. The first-order chi connectivity index (χ1) is 4.84. The molecule has 0 fully saturated rings. The van der Waals surface area contributed by atoms with Crippen LogP contribution in [0.3, 0.4) is 0 Å². The van der Waals surface area contributed by atoms with E-state index in [-0.39, 0.29) is 0 Å². The van der Waals surface area contributed by atoms with Gasteiger partial charge in [-0.15, -0.1) is 0 Å². The summed E-state index contributed by atoms with van der Waals surface area (Å²) in [6.07, 6.45) is 3.93. The maximum Gasteiger partial charge on any atom is 0.144 e. The molecule has 0 saturated carbocycles. The van der Waals surface area contributed by atoms with E-state index in [9.17, 15) is 0 Å². The molecule has 0 saturated heterocycles. The lowest BCUT2D eigenvalue weighted by atomic mass is 10.7. The highest BCUT2D eigenvalue weighted by atomic mass is 32.2. The topological polar surface area (TPSA) is 4.93 Å². The van der Waals surface area contributed by atoms with Crippen LogP contribution in [0.15, 0.2) is 24.5 Å². The van der Waals surface area contributed by atoms with Crippen LogP contribution in [-0.2, 0) is 0 Å². The van der Waals surface area contributed by atoms with Crippen LogP contribution in [0.4, 0.5) is 0 Å². The second kappa shape index (κ2) is 3.78. The summed E-state index contributed by atoms with van der Waals surface area (Å²) in [5, 5.41) is 0. The Labute approximate surface area is 70.4 Å². The van der Waals surface area contributed by atoms with Crippen molar-refractivity contribution in [1.82, 2.24) is 4.57 Å². The van der Waals surface area contributed by atoms with Gasteiger partial charge in [0.25, 0.3) is 0 Å². The van der Waals surface area contributed by atoms with Gasteiger partial charge >= 0.3 is 0 Å². The standard InChI is InChI=1S/C7H9NS2/c1-2-10-7(9)8-5-3-4-6-8/h3-6H,2H2,1H3. The fourth-order valence-electron chi connectivity index (χ4n) is 0.654. The van der Waals surface area contributed by atoms with Crippen molar-refractivity contribution in [2.24, 2.45) is 0 Å². The van der Waals surface area contributed by atoms with E-state index >= 15 is 0 Å². The van der Waals surface area contributed by atoms with E-state index in [4.69, 9.17) is 12.2 Å². The number of aromatic nitrogens is 1. The molecule has 0 atom stereocenters. The molecule has 0 aromatic carbocycles. The van der Waals surface area contributed by atoms with Crippen LogP contribution < -0.4 is 0 Å². The SMILES string of the molecule is CCSC(=S)n1cccc1. The Morgan fingerprint density at radius 3 is 2.60 bits per heavy atom. The molecule has 0 aliphatic carbocycles. The summed E-state index contributed by atoms with van der Waals surface area (Å²) < 4.78 is 2.87. The summed E-state index contributed by atoms with van der Waals surface area (Å²) >= 11 is 6.78. The number of thioether (sulfide) groups is 1. The second-order valence-corrected chi connectivity index (χ2v) is 3.69. The summed E-state index contributed by atoms with van der Waals surface area (Å²) in [5.41, 5.74) is 0. The van der Waals surface area contributed by atoms with Crippen molar-refractivity contribution in [2.75, 3.05) is 5.75 Å². The molecule has 10 heavy (non-hydrogen) atoms. The van der Waals surface area contributed by atoms with Crippen LogP contribution in [0.5, 0.6) is 0 Å². The molecule has 1 aromatic rings. The summed E-state index contributed by atoms with van der Waals surface area (Å²) in [6, 6.07) is 3.95. The van der Waals surface area contributed by atoms with E-state index in [0.29, 0.717) is 0 Å². The fourth-order valence-corrected chi connectivity index (χ4v) is 1.65. The average molecular weight is 171 g/mol. The molecule has 1 nitrogen and oxygen atoms in total. The van der Waals surface area contributed by atoms with Gasteiger partial charge in [0.15, 0.2) is 0 Å². The predicted molar refractivity (Wildman–Crippen MR) is 50.6 cm³/mol. The molecule has 1 heterocycles. The number of thiocarbonyl (C=S) groups is 1. The Morgan fingerprint density at radius 2 is 2.10 bits per heavy atom. The largest absolute Gasteiger partial charge is 0.310 e. The smallest absolute Gasteiger partial charge is 0.144 e. The van der Waals surface area contributed by atoms with Gasteiger partial charge in [-0.05, 0) is 17.9 Å². The molecule has 0 radical (unpaired) electrons. The molecule has 0 amide bonds. The number of hydrogen-bond acceptors (Lipinski definition) is 2. The molecular formula is C7H9NS2. The molecule has 0 aliphatic rings. The zero-order valence-corrected chi connectivity index (χ0v) is 7.41. The van der Waals surface area contributed by atoms with Crippen molar-refractivity contribution >= 4 is 28.3 Å². The van der Waals surface area contributed by atoms with E-state index in [1.165, 1.54) is 0 Å². The van der Waals surface area contributed by atoms with E-state index in [2.05, 4.69) is 6.92 Å². The van der Waals surface area contributed by atoms with Crippen molar-refractivity contribution in [3.8, 4) is 0 Å². The van der Waals surface area contributed by atoms with Crippen LogP contribution in [0.25, 0.3) is 0 Å². The molecule has 1 rings (SSSR count). The lowest BCUT2D eigenvalue weighted by molar-refractivity contribution is 1.22. The molecule has 1 aromatic heterocycles. The lowest BCUT2D eigenvalue weighted by Crippen LogP contribution is -2.00. The third kappa shape index (κ3) is 1.85. The molecule has 0 bridgehead atoms. The minimum absolute atomic E-state index is 0.924. The summed E-state index contributed by atoms with van der Waals surface area (Å²) in [7, 11) is 0. The minimum atomic E-state index is 0.924. The summed E-state index contributed by atoms with van der Waals surface area (Å²) in [6.45, 7) is 2.10. The highest BCUT2D eigenvalue weighted by Crippen LogP contribution is 2.05. The zero-order valence-electron chi connectivity index (χ0n) is 5.78. The number of nitrogens with zero attached hydrogens (tertiary/aromatic N) is 1. The van der Waals surface area contributed by atoms with E-state index in [1.54, 1.807) is 11.8 Å². The van der Waals surface area contributed by atoms with Crippen LogP contribution in [0, 0.1) is 0 Å². The predicted octanol–water partition coefficient (Wildman–Crippen LogP) is 2.37. The van der Waals surface area contributed by atoms with Crippen molar-refractivity contribution in [2.45, 2.75) is 6.92 Å². The van der Waals surface area contributed by atoms with Gasteiger partial charge < -0.3 is 4.57 Å². The normalized spacial score (nSPS) is 9.70. The van der Waals surface area contributed by atoms with Gasteiger partial charge in [0.2, 0.25) is 0 Å². The molecular weight excluding hydrogens is 162 g/mol. The third-order valence-corrected chi connectivity index (χ3v) is 2.39. The van der Waals surface area contributed by atoms with Crippen molar-refractivity contribution in [3.05, 3.63) is 24.5 Å². The van der Waals surface area contributed by atoms with Crippen molar-refractivity contribution < 1.29 is 0 Å². The van der Waals surface area contributed by atoms with Gasteiger partial charge in [-0.1, -0.05) is 30.9 Å². The monoisotopic (exact) mass is 171 g/mol. The third-order valence-electron chi connectivity index (χ3n) is 1.08.